The first-order valence-corrected chi connectivity index (χ1v) is 7.60. The molecule has 1 rings (SSSR count). The summed E-state index contributed by atoms with van der Waals surface area (Å²) in [7, 11) is 3.03. The molecule has 2 N–H and O–H groups in total. The molecule has 1 aromatic carbocycles. The zero-order valence-corrected chi connectivity index (χ0v) is 14.6. The number of hydrogen-bond acceptors (Lipinski definition) is 6. The molecular weight excluding hydrogens is 328 g/mol. The van der Waals surface area contributed by atoms with E-state index in [-0.39, 0.29) is 0 Å². The summed E-state index contributed by atoms with van der Waals surface area (Å²) in [5, 5.41) is 4.47. The molecule has 0 heterocycles. The second-order valence-electron chi connectivity index (χ2n) is 4.88. The fourth-order valence-electron chi connectivity index (χ4n) is 1.81. The molecule has 1 aromatic rings. The third-order valence-corrected chi connectivity index (χ3v) is 3.06. The van der Waals surface area contributed by atoms with E-state index in [9.17, 15) is 14.4 Å². The minimum Gasteiger partial charge on any atom is -0.493 e. The Bertz CT molecular complexity index is 657. The van der Waals surface area contributed by atoms with Crippen LogP contribution in [0.1, 0.15) is 19.4 Å². The standard InChI is InChI=1S/C17H22N2O6/c1-5-18-17(22)19-16(21)11(2)25-15(20)9-7-12-6-8-13(23-3)14(10-12)24-4/h6-11H,5H2,1-4H3,(H2,18,19,21,22)/b9-7+/t11-/m0/s1. The Morgan fingerprint density at radius 3 is 2.44 bits per heavy atom. The zero-order chi connectivity index (χ0) is 18.8. The van der Waals surface area contributed by atoms with Crippen molar-refractivity contribution < 1.29 is 28.6 Å². The molecule has 25 heavy (non-hydrogen) atoms. The van der Waals surface area contributed by atoms with E-state index in [1.807, 2.05) is 0 Å². The average molecular weight is 350 g/mol. The van der Waals surface area contributed by atoms with E-state index in [1.165, 1.54) is 33.3 Å². The fourth-order valence-corrected chi connectivity index (χ4v) is 1.81. The van der Waals surface area contributed by atoms with Gasteiger partial charge in [0.25, 0.3) is 5.91 Å². The highest BCUT2D eigenvalue weighted by Crippen LogP contribution is 2.27. The maximum Gasteiger partial charge on any atom is 0.331 e. The van der Waals surface area contributed by atoms with E-state index >= 15 is 0 Å². The first kappa shape index (κ1) is 20.0. The number of urea groups is 1. The minimum absolute atomic E-state index is 0.376. The van der Waals surface area contributed by atoms with Gasteiger partial charge in [0.1, 0.15) is 0 Å². The molecule has 0 bridgehead atoms. The van der Waals surface area contributed by atoms with Gasteiger partial charge < -0.3 is 19.5 Å². The maximum absolute atomic E-state index is 11.8. The number of rotatable bonds is 7. The third-order valence-electron chi connectivity index (χ3n) is 3.06. The predicted octanol–water partition coefficient (Wildman–Crippen LogP) is 1.49. The predicted molar refractivity (Wildman–Crippen MR) is 91.3 cm³/mol. The number of amides is 3. The van der Waals surface area contributed by atoms with Crippen molar-refractivity contribution in [2.75, 3.05) is 20.8 Å². The van der Waals surface area contributed by atoms with E-state index < -0.39 is 24.0 Å². The molecule has 0 aliphatic rings. The van der Waals surface area contributed by atoms with Crippen LogP contribution < -0.4 is 20.1 Å². The van der Waals surface area contributed by atoms with Crippen molar-refractivity contribution in [2.45, 2.75) is 20.0 Å². The molecule has 8 nitrogen and oxygen atoms in total. The number of nitrogens with one attached hydrogen (secondary N) is 2. The smallest absolute Gasteiger partial charge is 0.331 e. The van der Waals surface area contributed by atoms with E-state index in [0.29, 0.717) is 23.6 Å². The Hall–Kier alpha value is -3.03. The second kappa shape index (κ2) is 9.96. The highest BCUT2D eigenvalue weighted by atomic mass is 16.5. The molecule has 0 aliphatic carbocycles. The lowest BCUT2D eigenvalue weighted by Gasteiger charge is -2.11. The van der Waals surface area contributed by atoms with Crippen LogP contribution in [-0.2, 0) is 14.3 Å². The molecule has 0 unspecified atom stereocenters. The van der Waals surface area contributed by atoms with Gasteiger partial charge in [-0.25, -0.2) is 9.59 Å². The molecule has 3 amide bonds. The molecule has 0 radical (unpaired) electrons. The highest BCUT2D eigenvalue weighted by molar-refractivity contribution is 5.98. The summed E-state index contributed by atoms with van der Waals surface area (Å²) in [4.78, 5) is 34.7. The van der Waals surface area contributed by atoms with Crippen LogP contribution in [0.3, 0.4) is 0 Å². The molecule has 0 spiro atoms. The molecule has 1 atom stereocenters. The third kappa shape index (κ3) is 6.54. The summed E-state index contributed by atoms with van der Waals surface area (Å²) in [6.07, 6.45) is 1.58. The number of ether oxygens (including phenoxy) is 3. The van der Waals surface area contributed by atoms with Crippen LogP contribution in [-0.4, -0.2) is 44.8 Å². The fraction of sp³-hybridized carbons (Fsp3) is 0.353. The number of esters is 1. The molecule has 0 saturated carbocycles. The summed E-state index contributed by atoms with van der Waals surface area (Å²) >= 11 is 0. The van der Waals surface area contributed by atoms with Crippen molar-refractivity contribution in [3.05, 3.63) is 29.8 Å². The van der Waals surface area contributed by atoms with Crippen LogP contribution >= 0.6 is 0 Å². The van der Waals surface area contributed by atoms with Crippen LogP contribution in [0.5, 0.6) is 11.5 Å². The number of imide groups is 1. The van der Waals surface area contributed by atoms with E-state index in [0.717, 1.165) is 0 Å². The van der Waals surface area contributed by atoms with Crippen molar-refractivity contribution in [1.82, 2.24) is 10.6 Å². The van der Waals surface area contributed by atoms with E-state index in [1.54, 1.807) is 25.1 Å². The van der Waals surface area contributed by atoms with E-state index in [2.05, 4.69) is 10.6 Å². The molecule has 0 saturated heterocycles. The molecule has 0 fully saturated rings. The Morgan fingerprint density at radius 2 is 1.84 bits per heavy atom. The van der Waals surface area contributed by atoms with E-state index in [4.69, 9.17) is 14.2 Å². The summed E-state index contributed by atoms with van der Waals surface area (Å²) in [5.41, 5.74) is 0.689. The largest absolute Gasteiger partial charge is 0.493 e. The van der Waals surface area contributed by atoms with Gasteiger partial charge in [0.05, 0.1) is 14.2 Å². The Balaban J connectivity index is 2.62. The summed E-state index contributed by atoms with van der Waals surface area (Å²) in [6, 6.07) is 4.48. The van der Waals surface area contributed by atoms with Gasteiger partial charge >= 0.3 is 12.0 Å². The van der Waals surface area contributed by atoms with Crippen molar-refractivity contribution in [3.8, 4) is 11.5 Å². The average Bonchev–Trinajstić information content (AvgIpc) is 2.59. The van der Waals surface area contributed by atoms with Gasteiger partial charge in [-0.3, -0.25) is 10.1 Å². The summed E-state index contributed by atoms with van der Waals surface area (Å²) in [6.45, 7) is 3.46. The van der Waals surface area contributed by atoms with Crippen molar-refractivity contribution in [2.24, 2.45) is 0 Å². The lowest BCUT2D eigenvalue weighted by atomic mass is 10.2. The number of carbonyl (C=O) groups is 3. The second-order valence-corrected chi connectivity index (χ2v) is 4.88. The lowest BCUT2D eigenvalue weighted by molar-refractivity contribution is -0.149. The molecular formula is C17H22N2O6. The Labute approximate surface area is 146 Å². The van der Waals surface area contributed by atoms with Gasteiger partial charge in [0, 0.05) is 12.6 Å². The van der Waals surface area contributed by atoms with Crippen molar-refractivity contribution >= 4 is 24.0 Å². The molecule has 136 valence electrons. The molecule has 0 aromatic heterocycles. The quantitative estimate of drug-likeness (QED) is 0.570. The van der Waals surface area contributed by atoms with Crippen molar-refractivity contribution in [3.63, 3.8) is 0 Å². The van der Waals surface area contributed by atoms with Crippen LogP contribution in [0, 0.1) is 0 Å². The SMILES string of the molecule is CCNC(=O)NC(=O)[C@H](C)OC(=O)/C=C/c1ccc(OC)c(OC)c1. The van der Waals surface area contributed by atoms with Gasteiger partial charge in [-0.15, -0.1) is 0 Å². The molecule has 0 aliphatic heterocycles. The van der Waals surface area contributed by atoms with Gasteiger partial charge in [-0.1, -0.05) is 6.07 Å². The number of methoxy groups -OCH3 is 2. The highest BCUT2D eigenvalue weighted by Gasteiger charge is 2.18. The number of benzene rings is 1. The van der Waals surface area contributed by atoms with Gasteiger partial charge in [0.15, 0.2) is 17.6 Å². The monoisotopic (exact) mass is 350 g/mol. The van der Waals surface area contributed by atoms with Crippen LogP contribution in [0.2, 0.25) is 0 Å². The normalized spacial score (nSPS) is 11.5. The number of hydrogen-bond donors (Lipinski definition) is 2. The minimum atomic E-state index is -1.11. The maximum atomic E-state index is 11.8. The summed E-state index contributed by atoms with van der Waals surface area (Å²) in [5.74, 6) is -0.335. The number of carbonyl (C=O) groups excluding carboxylic acids is 3. The summed E-state index contributed by atoms with van der Waals surface area (Å²) < 4.78 is 15.2. The van der Waals surface area contributed by atoms with Gasteiger partial charge in [0.2, 0.25) is 0 Å². The first-order chi connectivity index (χ1) is 11.9. The zero-order valence-electron chi connectivity index (χ0n) is 14.6. The van der Waals surface area contributed by atoms with Gasteiger partial charge in [-0.05, 0) is 37.6 Å². The first-order valence-electron chi connectivity index (χ1n) is 7.60. The van der Waals surface area contributed by atoms with Crippen LogP contribution in [0.15, 0.2) is 24.3 Å². The van der Waals surface area contributed by atoms with Gasteiger partial charge in [-0.2, -0.15) is 0 Å². The van der Waals surface area contributed by atoms with Crippen molar-refractivity contribution in [1.29, 1.82) is 0 Å². The van der Waals surface area contributed by atoms with Crippen LogP contribution in [0.25, 0.3) is 6.08 Å². The van der Waals surface area contributed by atoms with Crippen LogP contribution in [0.4, 0.5) is 4.79 Å². The molecule has 8 heteroatoms. The topological polar surface area (TPSA) is 103 Å². The Morgan fingerprint density at radius 1 is 1.16 bits per heavy atom. The Kier molecular flexibility index (Phi) is 7.98. The lowest BCUT2D eigenvalue weighted by Crippen LogP contribution is -2.44.